The first-order chi connectivity index (χ1) is 9.04. The summed E-state index contributed by atoms with van der Waals surface area (Å²) in [6.07, 6.45) is 3.69. The molecule has 3 heterocycles. The summed E-state index contributed by atoms with van der Waals surface area (Å²) in [5, 5.41) is 0. The molecule has 106 valence electrons. The van der Waals surface area contributed by atoms with Gasteiger partial charge in [0.15, 0.2) is 5.89 Å². The highest BCUT2D eigenvalue weighted by Crippen LogP contribution is 2.30. The minimum absolute atomic E-state index is 0.311. The molecule has 1 aromatic rings. The van der Waals surface area contributed by atoms with Crippen molar-refractivity contribution in [3.05, 3.63) is 17.3 Å². The van der Waals surface area contributed by atoms with Crippen LogP contribution in [-0.4, -0.2) is 43.7 Å². The minimum atomic E-state index is -3.15. The van der Waals surface area contributed by atoms with Gasteiger partial charge in [-0.25, -0.2) is 13.4 Å². The first-order valence-corrected chi connectivity index (χ1v) is 8.40. The van der Waals surface area contributed by atoms with Crippen LogP contribution in [0, 0.1) is 0 Å². The second-order valence-electron chi connectivity index (χ2n) is 5.16. The smallest absolute Gasteiger partial charge is 0.211 e. The maximum Gasteiger partial charge on any atom is 0.211 e. The summed E-state index contributed by atoms with van der Waals surface area (Å²) in [4.78, 5) is 4.51. The number of oxazole rings is 1. The monoisotopic (exact) mass is 286 g/mol. The summed E-state index contributed by atoms with van der Waals surface area (Å²) in [6, 6.07) is 0. The molecule has 0 aliphatic carbocycles. The first-order valence-electron chi connectivity index (χ1n) is 6.55. The number of nitrogens with zero attached hydrogens (tertiary/aromatic N) is 2. The SMILES string of the molecule is CS(=O)(=O)N1CCc2oc(C3CCOCC3)nc2C1. The lowest BCUT2D eigenvalue weighted by atomic mass is 10.0. The van der Waals surface area contributed by atoms with Crippen molar-refractivity contribution in [3.8, 4) is 0 Å². The molecule has 3 rings (SSSR count). The number of hydrogen-bond donors (Lipinski definition) is 0. The van der Waals surface area contributed by atoms with Crippen LogP contribution in [0.15, 0.2) is 4.42 Å². The van der Waals surface area contributed by atoms with E-state index in [1.54, 1.807) is 0 Å². The lowest BCUT2D eigenvalue weighted by molar-refractivity contribution is 0.0791. The maximum atomic E-state index is 11.6. The second kappa shape index (κ2) is 4.88. The molecule has 19 heavy (non-hydrogen) atoms. The van der Waals surface area contributed by atoms with Crippen molar-refractivity contribution in [2.75, 3.05) is 26.0 Å². The van der Waals surface area contributed by atoms with Gasteiger partial charge in [0.1, 0.15) is 5.76 Å². The molecule has 0 spiro atoms. The maximum absolute atomic E-state index is 11.6. The fourth-order valence-electron chi connectivity index (χ4n) is 2.60. The third kappa shape index (κ3) is 2.68. The highest BCUT2D eigenvalue weighted by molar-refractivity contribution is 7.88. The molecule has 0 N–H and O–H groups in total. The molecule has 0 aromatic carbocycles. The highest BCUT2D eigenvalue weighted by atomic mass is 32.2. The summed E-state index contributed by atoms with van der Waals surface area (Å²) in [6.45, 7) is 2.30. The van der Waals surface area contributed by atoms with Crippen molar-refractivity contribution >= 4 is 10.0 Å². The summed E-state index contributed by atoms with van der Waals surface area (Å²) >= 11 is 0. The van der Waals surface area contributed by atoms with Gasteiger partial charge < -0.3 is 9.15 Å². The zero-order valence-corrected chi connectivity index (χ0v) is 11.8. The third-order valence-corrected chi connectivity index (χ3v) is 5.00. The Hall–Kier alpha value is -0.920. The Kier molecular flexibility index (Phi) is 3.36. The van der Waals surface area contributed by atoms with Gasteiger partial charge in [0.25, 0.3) is 0 Å². The van der Waals surface area contributed by atoms with Crippen molar-refractivity contribution in [2.45, 2.75) is 31.7 Å². The normalized spacial score (nSPS) is 22.4. The van der Waals surface area contributed by atoms with Gasteiger partial charge in [-0.15, -0.1) is 0 Å². The zero-order valence-electron chi connectivity index (χ0n) is 11.0. The van der Waals surface area contributed by atoms with Crippen molar-refractivity contribution in [3.63, 3.8) is 0 Å². The van der Waals surface area contributed by atoms with Crippen LogP contribution in [0.25, 0.3) is 0 Å². The van der Waals surface area contributed by atoms with Gasteiger partial charge in [-0.3, -0.25) is 0 Å². The minimum Gasteiger partial charge on any atom is -0.445 e. The third-order valence-electron chi connectivity index (χ3n) is 3.75. The zero-order chi connectivity index (χ0) is 13.5. The first kappa shape index (κ1) is 13.1. The van der Waals surface area contributed by atoms with E-state index < -0.39 is 10.0 Å². The molecule has 2 aliphatic heterocycles. The van der Waals surface area contributed by atoms with E-state index in [9.17, 15) is 8.42 Å². The molecule has 0 amide bonds. The van der Waals surface area contributed by atoms with Crippen LogP contribution < -0.4 is 0 Å². The van der Waals surface area contributed by atoms with E-state index in [0.29, 0.717) is 25.4 Å². The molecule has 0 radical (unpaired) electrons. The fourth-order valence-corrected chi connectivity index (χ4v) is 3.38. The van der Waals surface area contributed by atoms with E-state index in [0.717, 1.165) is 43.4 Å². The topological polar surface area (TPSA) is 72.6 Å². The van der Waals surface area contributed by atoms with Crippen LogP contribution >= 0.6 is 0 Å². The van der Waals surface area contributed by atoms with Crippen LogP contribution in [0.4, 0.5) is 0 Å². The van der Waals surface area contributed by atoms with Crippen molar-refractivity contribution < 1.29 is 17.6 Å². The Morgan fingerprint density at radius 1 is 1.32 bits per heavy atom. The van der Waals surface area contributed by atoms with E-state index in [4.69, 9.17) is 9.15 Å². The molecular weight excluding hydrogens is 268 g/mol. The van der Waals surface area contributed by atoms with E-state index >= 15 is 0 Å². The number of sulfonamides is 1. The van der Waals surface area contributed by atoms with Crippen molar-refractivity contribution in [1.29, 1.82) is 0 Å². The summed E-state index contributed by atoms with van der Waals surface area (Å²) in [7, 11) is -3.15. The fraction of sp³-hybridized carbons (Fsp3) is 0.750. The van der Waals surface area contributed by atoms with E-state index in [1.807, 2.05) is 0 Å². The Morgan fingerprint density at radius 2 is 2.05 bits per heavy atom. The molecule has 0 atom stereocenters. The Balaban J connectivity index is 1.80. The molecule has 1 fully saturated rings. The molecule has 0 bridgehead atoms. The van der Waals surface area contributed by atoms with Crippen molar-refractivity contribution in [1.82, 2.24) is 9.29 Å². The molecule has 2 aliphatic rings. The van der Waals surface area contributed by atoms with Gasteiger partial charge in [-0.05, 0) is 12.8 Å². The lowest BCUT2D eigenvalue weighted by Crippen LogP contribution is -2.34. The van der Waals surface area contributed by atoms with E-state index in [-0.39, 0.29) is 0 Å². The van der Waals surface area contributed by atoms with Crippen LogP contribution in [0.2, 0.25) is 0 Å². The van der Waals surface area contributed by atoms with E-state index in [1.165, 1.54) is 10.6 Å². The standard InChI is InChI=1S/C12H18N2O4S/c1-19(15,16)14-5-2-11-10(8-14)13-12(18-11)9-3-6-17-7-4-9/h9H,2-8H2,1H3. The summed E-state index contributed by atoms with van der Waals surface area (Å²) < 4.78 is 35.7. The molecular formula is C12H18N2O4S. The predicted molar refractivity (Wildman–Crippen MR) is 68.3 cm³/mol. The van der Waals surface area contributed by atoms with Crippen LogP contribution in [0.1, 0.15) is 36.1 Å². The highest BCUT2D eigenvalue weighted by Gasteiger charge is 2.29. The second-order valence-corrected chi connectivity index (χ2v) is 7.14. The number of fused-ring (bicyclic) bond motifs is 1. The lowest BCUT2D eigenvalue weighted by Gasteiger charge is -2.22. The molecule has 0 saturated carbocycles. The Morgan fingerprint density at radius 3 is 2.74 bits per heavy atom. The number of hydrogen-bond acceptors (Lipinski definition) is 5. The Labute approximate surface area is 112 Å². The van der Waals surface area contributed by atoms with Crippen LogP contribution in [0.3, 0.4) is 0 Å². The average Bonchev–Trinajstić information content (AvgIpc) is 2.81. The van der Waals surface area contributed by atoms with Gasteiger partial charge in [-0.2, -0.15) is 4.31 Å². The molecule has 1 aromatic heterocycles. The molecule has 6 nitrogen and oxygen atoms in total. The van der Waals surface area contributed by atoms with Gasteiger partial charge in [0, 0.05) is 32.1 Å². The van der Waals surface area contributed by atoms with Gasteiger partial charge >= 0.3 is 0 Å². The molecule has 7 heteroatoms. The molecule has 0 unspecified atom stereocenters. The average molecular weight is 286 g/mol. The quantitative estimate of drug-likeness (QED) is 0.807. The summed E-state index contributed by atoms with van der Waals surface area (Å²) in [5.74, 6) is 1.91. The van der Waals surface area contributed by atoms with Gasteiger partial charge in [-0.1, -0.05) is 0 Å². The van der Waals surface area contributed by atoms with Gasteiger partial charge in [0.2, 0.25) is 10.0 Å². The number of aromatic nitrogens is 1. The van der Waals surface area contributed by atoms with Crippen molar-refractivity contribution in [2.24, 2.45) is 0 Å². The van der Waals surface area contributed by atoms with Crippen LogP contribution in [0.5, 0.6) is 0 Å². The number of rotatable bonds is 2. The molecule has 1 saturated heterocycles. The van der Waals surface area contributed by atoms with Gasteiger partial charge in [0.05, 0.1) is 18.5 Å². The largest absolute Gasteiger partial charge is 0.445 e. The Bertz CT molecular complexity index is 560. The van der Waals surface area contributed by atoms with E-state index in [2.05, 4.69) is 4.98 Å². The summed E-state index contributed by atoms with van der Waals surface area (Å²) in [5.41, 5.74) is 0.776. The predicted octanol–water partition coefficient (Wildman–Crippen LogP) is 0.886. The van der Waals surface area contributed by atoms with Crippen LogP contribution in [-0.2, 0) is 27.7 Å². The number of ether oxygens (including phenoxy) is 1.